The van der Waals surface area contributed by atoms with E-state index in [9.17, 15) is 14.7 Å². The van der Waals surface area contributed by atoms with Gasteiger partial charge in [0, 0.05) is 24.2 Å². The van der Waals surface area contributed by atoms with Gasteiger partial charge < -0.3 is 20.1 Å². The van der Waals surface area contributed by atoms with Gasteiger partial charge in [-0.3, -0.25) is 4.79 Å². The summed E-state index contributed by atoms with van der Waals surface area (Å²) in [7, 11) is 0. The number of ether oxygens (including phenoxy) is 1. The predicted octanol–water partition coefficient (Wildman–Crippen LogP) is 4.63. The molecule has 2 N–H and O–H groups in total. The van der Waals surface area contributed by atoms with Crippen LogP contribution in [0.3, 0.4) is 0 Å². The Morgan fingerprint density at radius 1 is 1.19 bits per heavy atom. The summed E-state index contributed by atoms with van der Waals surface area (Å²) >= 11 is 6.22. The maximum Gasteiger partial charge on any atom is 0.407 e. The van der Waals surface area contributed by atoms with E-state index in [1.807, 2.05) is 37.8 Å². The molecule has 2 fully saturated rings. The van der Waals surface area contributed by atoms with Crippen LogP contribution in [0.5, 0.6) is 0 Å². The number of piperidine rings is 1. The Bertz CT molecular complexity index is 778. The summed E-state index contributed by atoms with van der Waals surface area (Å²) in [6.07, 6.45) is 5.05. The number of alkyl carbamates (subject to hydrolysis) is 1. The van der Waals surface area contributed by atoms with Crippen molar-refractivity contribution < 1.29 is 19.4 Å². The molecule has 6 nitrogen and oxygen atoms in total. The number of aliphatic hydroxyl groups is 1. The van der Waals surface area contributed by atoms with E-state index in [0.717, 1.165) is 24.8 Å². The average Bonchev–Trinajstić information content (AvgIpc) is 2.67. The molecule has 2 amide bonds. The lowest BCUT2D eigenvalue weighted by molar-refractivity contribution is -0.142. The van der Waals surface area contributed by atoms with Crippen molar-refractivity contribution in [3.63, 3.8) is 0 Å². The molecule has 1 saturated carbocycles. The Morgan fingerprint density at radius 3 is 2.42 bits per heavy atom. The van der Waals surface area contributed by atoms with Gasteiger partial charge >= 0.3 is 6.09 Å². The Morgan fingerprint density at radius 2 is 1.84 bits per heavy atom. The second kappa shape index (κ2) is 9.78. The van der Waals surface area contributed by atoms with Crippen molar-refractivity contribution in [1.29, 1.82) is 0 Å². The Balaban J connectivity index is 1.69. The number of nitrogens with zero attached hydrogens (tertiary/aromatic N) is 1. The van der Waals surface area contributed by atoms with E-state index >= 15 is 0 Å². The van der Waals surface area contributed by atoms with Crippen molar-refractivity contribution in [2.45, 2.75) is 88.9 Å². The van der Waals surface area contributed by atoms with Gasteiger partial charge in [0.25, 0.3) is 0 Å². The molecule has 1 atom stereocenters. The highest BCUT2D eigenvalue weighted by Crippen LogP contribution is 2.42. The van der Waals surface area contributed by atoms with E-state index in [0.29, 0.717) is 43.8 Å². The zero-order chi connectivity index (χ0) is 22.6. The van der Waals surface area contributed by atoms with E-state index in [-0.39, 0.29) is 11.9 Å². The second-order valence-electron chi connectivity index (χ2n) is 9.90. The number of benzene rings is 1. The van der Waals surface area contributed by atoms with Crippen LogP contribution in [0.4, 0.5) is 4.79 Å². The third-order valence-corrected chi connectivity index (χ3v) is 6.45. The largest absolute Gasteiger partial charge is 0.444 e. The van der Waals surface area contributed by atoms with Crippen LogP contribution in [0.1, 0.15) is 77.2 Å². The van der Waals surface area contributed by atoms with Gasteiger partial charge in [0.05, 0.1) is 11.5 Å². The van der Waals surface area contributed by atoms with Gasteiger partial charge in [-0.2, -0.15) is 0 Å². The minimum atomic E-state index is -1.05. The summed E-state index contributed by atoms with van der Waals surface area (Å²) in [6.45, 7) is 6.57. The molecule has 1 unspecified atom stereocenters. The van der Waals surface area contributed by atoms with Crippen molar-refractivity contribution in [2.24, 2.45) is 0 Å². The smallest absolute Gasteiger partial charge is 0.407 e. The molecule has 0 aromatic heterocycles. The van der Waals surface area contributed by atoms with Crippen molar-refractivity contribution in [3.05, 3.63) is 34.9 Å². The van der Waals surface area contributed by atoms with E-state index in [2.05, 4.69) is 5.32 Å². The highest BCUT2D eigenvalue weighted by molar-refractivity contribution is 6.30. The van der Waals surface area contributed by atoms with E-state index in [1.54, 1.807) is 12.1 Å². The fraction of sp³-hybridized carbons (Fsp3) is 0.667. The molecule has 1 aromatic carbocycles. The molecular formula is C24H35ClN2O4. The van der Waals surface area contributed by atoms with Crippen molar-refractivity contribution in [3.8, 4) is 0 Å². The maximum atomic E-state index is 13.6. The van der Waals surface area contributed by atoms with Crippen LogP contribution in [-0.4, -0.2) is 52.3 Å². The van der Waals surface area contributed by atoms with Gasteiger partial charge in [0.1, 0.15) is 5.60 Å². The highest BCUT2D eigenvalue weighted by Gasteiger charge is 2.45. The minimum absolute atomic E-state index is 0.0266. The first-order chi connectivity index (χ1) is 14.6. The lowest BCUT2D eigenvalue weighted by Crippen LogP contribution is -2.52. The number of nitrogens with one attached hydrogen (secondary N) is 1. The molecule has 1 heterocycles. The van der Waals surface area contributed by atoms with Crippen LogP contribution in [0, 0.1) is 0 Å². The molecule has 0 spiro atoms. The molecule has 0 bridgehead atoms. The number of rotatable bonds is 4. The van der Waals surface area contributed by atoms with Crippen LogP contribution in [0.15, 0.2) is 24.3 Å². The summed E-state index contributed by atoms with van der Waals surface area (Å²) < 4.78 is 5.34. The molecule has 1 aliphatic heterocycles. The lowest BCUT2D eigenvalue weighted by Gasteiger charge is -2.42. The predicted molar refractivity (Wildman–Crippen MR) is 121 cm³/mol. The van der Waals surface area contributed by atoms with Gasteiger partial charge in [-0.15, -0.1) is 0 Å². The third-order valence-electron chi connectivity index (χ3n) is 6.21. The maximum absolute atomic E-state index is 13.6. The van der Waals surface area contributed by atoms with Crippen LogP contribution in [-0.2, 0) is 9.53 Å². The number of hydrogen-bond donors (Lipinski definition) is 2. The first-order valence-electron chi connectivity index (χ1n) is 11.3. The molecular weight excluding hydrogens is 416 g/mol. The fourth-order valence-corrected chi connectivity index (χ4v) is 4.92. The fourth-order valence-electron chi connectivity index (χ4n) is 4.72. The number of amides is 2. The summed E-state index contributed by atoms with van der Waals surface area (Å²) in [5, 5.41) is 15.0. The second-order valence-corrected chi connectivity index (χ2v) is 10.3. The number of carbonyl (C=O) groups is 2. The van der Waals surface area contributed by atoms with Gasteiger partial charge in [-0.05, 0) is 64.2 Å². The van der Waals surface area contributed by atoms with Gasteiger partial charge in [-0.1, -0.05) is 43.0 Å². The monoisotopic (exact) mass is 450 g/mol. The molecule has 172 valence electrons. The normalized spacial score (nSPS) is 20.7. The summed E-state index contributed by atoms with van der Waals surface area (Å²) in [5.41, 5.74) is -0.817. The summed E-state index contributed by atoms with van der Waals surface area (Å²) in [5.74, 6) is -0.677. The lowest BCUT2D eigenvalue weighted by atomic mass is 9.72. The number of halogens is 1. The van der Waals surface area contributed by atoms with Crippen LogP contribution >= 0.6 is 11.6 Å². The molecule has 3 rings (SSSR count). The van der Waals surface area contributed by atoms with Crippen LogP contribution in [0.25, 0.3) is 0 Å². The SMILES string of the molecule is CC(C)(C)OC(=O)NC1CCN(C(=O)C(c2cccc(Cl)c2)C2(O)CCCCC2)CC1. The molecule has 1 aromatic rings. The molecule has 31 heavy (non-hydrogen) atoms. The van der Waals surface area contributed by atoms with Crippen molar-refractivity contribution in [2.75, 3.05) is 13.1 Å². The Hall–Kier alpha value is -1.79. The topological polar surface area (TPSA) is 78.9 Å². The zero-order valence-corrected chi connectivity index (χ0v) is 19.6. The van der Waals surface area contributed by atoms with Gasteiger partial charge in [0.15, 0.2) is 0 Å². The quantitative estimate of drug-likeness (QED) is 0.700. The highest BCUT2D eigenvalue weighted by atomic mass is 35.5. The number of carbonyl (C=O) groups excluding carboxylic acids is 2. The van der Waals surface area contributed by atoms with Gasteiger partial charge in [-0.25, -0.2) is 4.79 Å². The standard InChI is InChI=1S/C24H35ClN2O4/c1-23(2,3)31-22(29)26-19-10-14-27(15-11-19)21(28)20(17-8-7-9-18(25)16-17)24(30)12-5-4-6-13-24/h7-9,16,19-20,30H,4-6,10-15H2,1-3H3,(H,26,29). The van der Waals surface area contributed by atoms with Crippen molar-refractivity contribution >= 4 is 23.6 Å². The summed E-state index contributed by atoms with van der Waals surface area (Å²) in [4.78, 5) is 27.5. The van der Waals surface area contributed by atoms with Crippen molar-refractivity contribution in [1.82, 2.24) is 10.2 Å². The Kier molecular flexibility index (Phi) is 7.53. The molecule has 7 heteroatoms. The van der Waals surface area contributed by atoms with E-state index in [1.165, 1.54) is 0 Å². The molecule has 1 aliphatic carbocycles. The molecule has 2 aliphatic rings. The number of likely N-dealkylation sites (tertiary alicyclic amines) is 1. The number of hydrogen-bond acceptors (Lipinski definition) is 4. The van der Waals surface area contributed by atoms with Gasteiger partial charge in [0.2, 0.25) is 5.91 Å². The van der Waals surface area contributed by atoms with E-state index < -0.39 is 23.2 Å². The molecule has 1 saturated heterocycles. The van der Waals surface area contributed by atoms with Crippen LogP contribution in [0.2, 0.25) is 5.02 Å². The zero-order valence-electron chi connectivity index (χ0n) is 18.8. The first-order valence-corrected chi connectivity index (χ1v) is 11.7. The first kappa shape index (κ1) is 23.9. The third kappa shape index (κ3) is 6.36. The Labute approximate surface area is 190 Å². The summed E-state index contributed by atoms with van der Waals surface area (Å²) in [6, 6.07) is 7.28. The van der Waals surface area contributed by atoms with Crippen LogP contribution < -0.4 is 5.32 Å². The van der Waals surface area contributed by atoms with E-state index in [4.69, 9.17) is 16.3 Å². The average molecular weight is 451 g/mol. The minimum Gasteiger partial charge on any atom is -0.444 e. The molecule has 0 radical (unpaired) electrons.